The zero-order chi connectivity index (χ0) is 19.4. The number of hydrogen-bond acceptors (Lipinski definition) is 4. The number of thiophene rings is 1. The summed E-state index contributed by atoms with van der Waals surface area (Å²) in [7, 11) is 0. The molecule has 2 aromatic rings. The van der Waals surface area contributed by atoms with Crippen molar-refractivity contribution >= 4 is 39.9 Å². The number of amides is 2. The molecule has 1 aromatic carbocycles. The molecule has 2 heterocycles. The lowest BCUT2D eigenvalue weighted by Crippen LogP contribution is -3.14. The maximum atomic E-state index is 12.4. The molecule has 0 saturated carbocycles. The van der Waals surface area contributed by atoms with Gasteiger partial charge in [0.15, 0.2) is 0 Å². The third-order valence-corrected chi connectivity index (χ3v) is 6.99. The third kappa shape index (κ3) is 4.91. The molecular weight excluding hydrogens is 378 g/mol. The smallest absolute Gasteiger partial charge is 0.252 e. The number of nitrogens with two attached hydrogens (primary N) is 1. The molecule has 1 aliphatic heterocycles. The Hall–Kier alpha value is -1.83. The minimum Gasteiger partial charge on any atom is -0.365 e. The Bertz CT molecular complexity index is 818. The molecule has 0 saturated heterocycles. The van der Waals surface area contributed by atoms with Crippen molar-refractivity contribution in [3.63, 3.8) is 0 Å². The van der Waals surface area contributed by atoms with Gasteiger partial charge in [0, 0.05) is 23.5 Å². The molecule has 0 aliphatic carbocycles. The largest absolute Gasteiger partial charge is 0.365 e. The molecule has 1 unspecified atom stereocenters. The van der Waals surface area contributed by atoms with E-state index in [0.29, 0.717) is 28.8 Å². The zero-order valence-electron chi connectivity index (χ0n) is 15.7. The van der Waals surface area contributed by atoms with Crippen molar-refractivity contribution in [3.8, 4) is 0 Å². The van der Waals surface area contributed by atoms with E-state index in [-0.39, 0.29) is 5.91 Å². The van der Waals surface area contributed by atoms with Gasteiger partial charge in [-0.1, -0.05) is 18.2 Å². The Labute approximate surface area is 168 Å². The first-order chi connectivity index (χ1) is 13.0. The van der Waals surface area contributed by atoms with Crippen molar-refractivity contribution in [3.05, 3.63) is 46.3 Å². The predicted octanol–water partition coefficient (Wildman–Crippen LogP) is 2.32. The second-order valence-corrected chi connectivity index (χ2v) is 9.30. The fourth-order valence-corrected chi connectivity index (χ4v) is 5.50. The molecule has 0 fully saturated rings. The highest BCUT2D eigenvalue weighted by Crippen LogP contribution is 2.34. The van der Waals surface area contributed by atoms with Crippen LogP contribution in [-0.4, -0.2) is 30.2 Å². The molecule has 3 rings (SSSR count). The second kappa shape index (κ2) is 8.91. The fourth-order valence-electron chi connectivity index (χ4n) is 3.31. The second-order valence-electron chi connectivity index (χ2n) is 7.02. The summed E-state index contributed by atoms with van der Waals surface area (Å²) in [4.78, 5) is 28.2. The topological polar surface area (TPSA) is 76.6 Å². The van der Waals surface area contributed by atoms with Gasteiger partial charge >= 0.3 is 0 Å². The van der Waals surface area contributed by atoms with Gasteiger partial charge in [-0.3, -0.25) is 9.59 Å². The molecule has 27 heavy (non-hydrogen) atoms. The summed E-state index contributed by atoms with van der Waals surface area (Å²) in [5.74, 6) is 0.167. The average molecular weight is 405 g/mol. The Morgan fingerprint density at radius 2 is 2.04 bits per heavy atom. The van der Waals surface area contributed by atoms with Crippen LogP contribution in [0.15, 0.2) is 35.2 Å². The Morgan fingerprint density at radius 1 is 1.30 bits per heavy atom. The SMILES string of the molecule is CC(C)[NH+]1CCc2c(sc(NC(=O)CCSc3ccccc3)c2C(N)=O)C1. The molecule has 5 nitrogen and oxygen atoms in total. The number of carbonyl (C=O) groups excluding carboxylic acids is 2. The van der Waals surface area contributed by atoms with Crippen LogP contribution in [0, 0.1) is 0 Å². The average Bonchev–Trinajstić information content (AvgIpc) is 2.99. The molecule has 0 spiro atoms. The van der Waals surface area contributed by atoms with E-state index < -0.39 is 5.91 Å². The molecule has 4 N–H and O–H groups in total. The van der Waals surface area contributed by atoms with Crippen LogP contribution < -0.4 is 16.0 Å². The van der Waals surface area contributed by atoms with Gasteiger partial charge in [0.2, 0.25) is 5.91 Å². The van der Waals surface area contributed by atoms with Crippen LogP contribution in [0.1, 0.15) is 41.1 Å². The quantitative estimate of drug-likeness (QED) is 0.620. The van der Waals surface area contributed by atoms with Crippen molar-refractivity contribution in [2.45, 2.75) is 44.2 Å². The number of rotatable bonds is 7. The van der Waals surface area contributed by atoms with Gasteiger partial charge in [-0.2, -0.15) is 0 Å². The van der Waals surface area contributed by atoms with Gasteiger partial charge in [0.1, 0.15) is 11.5 Å². The molecule has 1 aromatic heterocycles. The van der Waals surface area contributed by atoms with Gasteiger partial charge in [0.05, 0.1) is 23.0 Å². The summed E-state index contributed by atoms with van der Waals surface area (Å²) in [6, 6.07) is 10.5. The van der Waals surface area contributed by atoms with Crippen molar-refractivity contribution < 1.29 is 14.5 Å². The van der Waals surface area contributed by atoms with Gasteiger partial charge in [-0.15, -0.1) is 23.1 Å². The normalized spacial score (nSPS) is 16.2. The minimum absolute atomic E-state index is 0.0763. The van der Waals surface area contributed by atoms with E-state index in [1.165, 1.54) is 21.1 Å². The molecule has 1 atom stereocenters. The number of carbonyl (C=O) groups is 2. The highest BCUT2D eigenvalue weighted by Gasteiger charge is 2.30. The number of fused-ring (bicyclic) bond motifs is 1. The van der Waals surface area contributed by atoms with Crippen molar-refractivity contribution in [2.75, 3.05) is 17.6 Å². The van der Waals surface area contributed by atoms with Crippen molar-refractivity contribution in [1.29, 1.82) is 0 Å². The van der Waals surface area contributed by atoms with Gasteiger partial charge in [-0.05, 0) is 31.5 Å². The lowest BCUT2D eigenvalue weighted by atomic mass is 10.0. The molecule has 7 heteroatoms. The van der Waals surface area contributed by atoms with Gasteiger partial charge in [0.25, 0.3) is 5.91 Å². The number of hydrogen-bond donors (Lipinski definition) is 3. The molecule has 1 aliphatic rings. The number of quaternary nitrogens is 1. The summed E-state index contributed by atoms with van der Waals surface area (Å²) in [5, 5.41) is 3.55. The number of thioether (sulfide) groups is 1. The minimum atomic E-state index is -0.450. The van der Waals surface area contributed by atoms with E-state index in [9.17, 15) is 9.59 Å². The van der Waals surface area contributed by atoms with Crippen LogP contribution in [-0.2, 0) is 17.8 Å². The van der Waals surface area contributed by atoms with Crippen LogP contribution in [0.4, 0.5) is 5.00 Å². The van der Waals surface area contributed by atoms with E-state index >= 15 is 0 Å². The van der Waals surface area contributed by atoms with E-state index in [1.54, 1.807) is 11.8 Å². The van der Waals surface area contributed by atoms with E-state index in [1.807, 2.05) is 30.3 Å². The maximum Gasteiger partial charge on any atom is 0.252 e. The Kier molecular flexibility index (Phi) is 6.57. The van der Waals surface area contributed by atoms with Crippen molar-refractivity contribution in [1.82, 2.24) is 0 Å². The van der Waals surface area contributed by atoms with E-state index in [4.69, 9.17) is 5.73 Å². The summed E-state index contributed by atoms with van der Waals surface area (Å²) in [6.45, 7) is 6.28. The number of benzene rings is 1. The molecule has 144 valence electrons. The van der Waals surface area contributed by atoms with Gasteiger partial charge in [-0.25, -0.2) is 0 Å². The summed E-state index contributed by atoms with van der Waals surface area (Å²) < 4.78 is 0. The molecule has 0 bridgehead atoms. The van der Waals surface area contributed by atoms with E-state index in [2.05, 4.69) is 19.2 Å². The first-order valence-corrected chi connectivity index (χ1v) is 11.0. The summed E-state index contributed by atoms with van der Waals surface area (Å²) in [5.41, 5.74) is 7.18. The Morgan fingerprint density at radius 3 is 2.70 bits per heavy atom. The summed E-state index contributed by atoms with van der Waals surface area (Å²) in [6.07, 6.45) is 1.22. The third-order valence-electron chi connectivity index (χ3n) is 4.83. The van der Waals surface area contributed by atoms with Crippen LogP contribution >= 0.6 is 23.1 Å². The molecular formula is C20H26N3O2S2+. The highest BCUT2D eigenvalue weighted by molar-refractivity contribution is 7.99. The first-order valence-electron chi connectivity index (χ1n) is 9.22. The molecule has 2 amide bonds. The van der Waals surface area contributed by atoms with Gasteiger partial charge < -0.3 is 16.0 Å². The highest BCUT2D eigenvalue weighted by atomic mass is 32.2. The van der Waals surface area contributed by atoms with Crippen LogP contribution in [0.3, 0.4) is 0 Å². The van der Waals surface area contributed by atoms with E-state index in [0.717, 1.165) is 30.0 Å². The fraction of sp³-hybridized carbons (Fsp3) is 0.400. The monoisotopic (exact) mass is 404 g/mol. The lowest BCUT2D eigenvalue weighted by Gasteiger charge is -2.27. The zero-order valence-corrected chi connectivity index (χ0v) is 17.3. The Balaban J connectivity index is 1.65. The number of anilines is 1. The summed E-state index contributed by atoms with van der Waals surface area (Å²) >= 11 is 3.16. The first kappa shape index (κ1) is 19.9. The number of primary amides is 1. The standard InChI is InChI=1S/C20H25N3O2S2/c1-13(2)23-10-8-15-16(12-23)27-20(18(15)19(21)25)22-17(24)9-11-26-14-6-4-3-5-7-14/h3-7,13H,8-12H2,1-2H3,(H2,21,25)(H,22,24)/p+1. The lowest BCUT2D eigenvalue weighted by molar-refractivity contribution is -0.936. The molecule has 0 radical (unpaired) electrons. The maximum absolute atomic E-state index is 12.4. The number of nitrogens with one attached hydrogen (secondary N) is 2. The van der Waals surface area contributed by atoms with Crippen molar-refractivity contribution in [2.24, 2.45) is 5.73 Å². The van der Waals surface area contributed by atoms with Crippen LogP contribution in [0.5, 0.6) is 0 Å². The predicted molar refractivity (Wildman–Crippen MR) is 112 cm³/mol. The van der Waals surface area contributed by atoms with Crippen LogP contribution in [0.2, 0.25) is 0 Å². The van der Waals surface area contributed by atoms with Crippen LogP contribution in [0.25, 0.3) is 0 Å².